The summed E-state index contributed by atoms with van der Waals surface area (Å²) in [7, 11) is 1.61. The van der Waals surface area contributed by atoms with Crippen molar-refractivity contribution >= 4 is 16.9 Å². The molecule has 0 aliphatic carbocycles. The van der Waals surface area contributed by atoms with E-state index in [0.29, 0.717) is 18.7 Å². The zero-order valence-electron chi connectivity index (χ0n) is 20.7. The fourth-order valence-electron chi connectivity index (χ4n) is 4.22. The Kier molecular flexibility index (Phi) is 8.03. The number of hydrogen-bond acceptors (Lipinski definition) is 4. The highest BCUT2D eigenvalue weighted by atomic mass is 16.5. The molecule has 35 heavy (non-hydrogen) atoms. The zero-order valence-corrected chi connectivity index (χ0v) is 20.7. The summed E-state index contributed by atoms with van der Waals surface area (Å²) in [6.07, 6.45) is 2.48. The summed E-state index contributed by atoms with van der Waals surface area (Å²) in [4.78, 5) is 17.3. The van der Waals surface area contributed by atoms with Crippen LogP contribution in [-0.2, 0) is 13.0 Å². The van der Waals surface area contributed by atoms with E-state index in [2.05, 4.69) is 41.9 Å². The third-order valence-corrected chi connectivity index (χ3v) is 6.06. The van der Waals surface area contributed by atoms with Crippen molar-refractivity contribution in [2.75, 3.05) is 20.3 Å². The monoisotopic (exact) mass is 471 g/mol. The van der Waals surface area contributed by atoms with Gasteiger partial charge in [-0.25, -0.2) is 4.98 Å². The van der Waals surface area contributed by atoms with E-state index in [4.69, 9.17) is 14.5 Å². The Bertz CT molecular complexity index is 1280. The van der Waals surface area contributed by atoms with Crippen molar-refractivity contribution in [2.24, 2.45) is 0 Å². The van der Waals surface area contributed by atoms with Crippen LogP contribution in [0.25, 0.3) is 11.0 Å². The van der Waals surface area contributed by atoms with Crippen LogP contribution in [0.3, 0.4) is 0 Å². The molecule has 0 fully saturated rings. The lowest BCUT2D eigenvalue weighted by Gasteiger charge is -2.12. The molecule has 0 aliphatic heterocycles. The molecule has 0 unspecified atom stereocenters. The first-order valence-electron chi connectivity index (χ1n) is 12.1. The lowest BCUT2D eigenvalue weighted by Crippen LogP contribution is -2.25. The van der Waals surface area contributed by atoms with Gasteiger partial charge >= 0.3 is 0 Å². The number of para-hydroxylation sites is 2. The van der Waals surface area contributed by atoms with Crippen molar-refractivity contribution in [3.63, 3.8) is 0 Å². The van der Waals surface area contributed by atoms with E-state index in [-0.39, 0.29) is 5.91 Å². The van der Waals surface area contributed by atoms with E-state index in [0.717, 1.165) is 59.7 Å². The maximum absolute atomic E-state index is 12.4. The highest BCUT2D eigenvalue weighted by molar-refractivity contribution is 5.94. The third kappa shape index (κ3) is 6.21. The molecule has 6 heteroatoms. The number of nitrogens with one attached hydrogen (secondary N) is 1. The molecule has 3 aromatic carbocycles. The molecular weight excluding hydrogens is 438 g/mol. The molecule has 0 spiro atoms. The van der Waals surface area contributed by atoms with E-state index in [1.807, 2.05) is 24.3 Å². The van der Waals surface area contributed by atoms with Crippen LogP contribution in [0.5, 0.6) is 11.5 Å². The van der Waals surface area contributed by atoms with Crippen LogP contribution in [0.2, 0.25) is 0 Å². The standard InChI is InChI=1S/C29H33N3O3/c1-21-11-16-27(22(2)20-21)35-19-7-18-32-26-9-5-4-8-25(26)31-28(32)10-6-17-30-29(33)23-12-14-24(34-3)15-13-23/h4-5,8-9,11-16,20H,6-7,10,17-19H2,1-3H3,(H,30,33). The van der Waals surface area contributed by atoms with Gasteiger partial charge in [0.2, 0.25) is 0 Å². The lowest BCUT2D eigenvalue weighted by atomic mass is 10.1. The summed E-state index contributed by atoms with van der Waals surface area (Å²) < 4.78 is 13.5. The minimum Gasteiger partial charge on any atom is -0.497 e. The Morgan fingerprint density at radius 3 is 2.57 bits per heavy atom. The topological polar surface area (TPSA) is 65.4 Å². The Hall–Kier alpha value is -3.80. The largest absolute Gasteiger partial charge is 0.497 e. The Balaban J connectivity index is 1.32. The number of carbonyl (C=O) groups is 1. The molecular formula is C29H33N3O3. The summed E-state index contributed by atoms with van der Waals surface area (Å²) in [6, 6.07) is 21.6. The number of benzene rings is 3. The quantitative estimate of drug-likeness (QED) is 0.294. The first-order valence-corrected chi connectivity index (χ1v) is 12.1. The number of hydrogen-bond donors (Lipinski definition) is 1. The maximum Gasteiger partial charge on any atom is 0.251 e. The highest BCUT2D eigenvalue weighted by Gasteiger charge is 2.11. The van der Waals surface area contributed by atoms with Crippen molar-refractivity contribution in [2.45, 2.75) is 39.7 Å². The normalized spacial score (nSPS) is 10.9. The summed E-state index contributed by atoms with van der Waals surface area (Å²) in [5, 5.41) is 3.00. The molecule has 182 valence electrons. The van der Waals surface area contributed by atoms with Gasteiger partial charge in [-0.15, -0.1) is 0 Å². The van der Waals surface area contributed by atoms with Gasteiger partial charge in [-0.1, -0.05) is 29.8 Å². The second kappa shape index (κ2) is 11.6. The summed E-state index contributed by atoms with van der Waals surface area (Å²) >= 11 is 0. The van der Waals surface area contributed by atoms with Crippen LogP contribution >= 0.6 is 0 Å². The molecule has 0 bridgehead atoms. The van der Waals surface area contributed by atoms with Crippen LogP contribution < -0.4 is 14.8 Å². The van der Waals surface area contributed by atoms with Crippen LogP contribution in [0.15, 0.2) is 66.7 Å². The van der Waals surface area contributed by atoms with Crippen molar-refractivity contribution in [3.8, 4) is 11.5 Å². The van der Waals surface area contributed by atoms with E-state index >= 15 is 0 Å². The average molecular weight is 472 g/mol. The van der Waals surface area contributed by atoms with Crippen LogP contribution in [0.1, 0.15) is 40.2 Å². The fourth-order valence-corrected chi connectivity index (χ4v) is 4.22. The van der Waals surface area contributed by atoms with Gasteiger partial charge in [0.15, 0.2) is 0 Å². The summed E-state index contributed by atoms with van der Waals surface area (Å²) in [5.74, 6) is 2.64. The second-order valence-electron chi connectivity index (χ2n) is 8.73. The van der Waals surface area contributed by atoms with Crippen LogP contribution in [0.4, 0.5) is 0 Å². The predicted octanol–water partition coefficient (Wildman–Crippen LogP) is 5.49. The molecule has 1 aromatic heterocycles. The van der Waals surface area contributed by atoms with Crippen molar-refractivity contribution in [1.29, 1.82) is 0 Å². The number of nitrogens with zero attached hydrogens (tertiary/aromatic N) is 2. The molecule has 6 nitrogen and oxygen atoms in total. The molecule has 1 N–H and O–H groups in total. The molecule has 0 saturated carbocycles. The summed E-state index contributed by atoms with van der Waals surface area (Å²) in [5.41, 5.74) is 5.17. The number of aromatic nitrogens is 2. The average Bonchev–Trinajstić information content (AvgIpc) is 3.22. The van der Waals surface area contributed by atoms with E-state index < -0.39 is 0 Å². The molecule has 1 heterocycles. The second-order valence-corrected chi connectivity index (χ2v) is 8.73. The van der Waals surface area contributed by atoms with Gasteiger partial charge in [-0.05, 0) is 74.7 Å². The number of amides is 1. The van der Waals surface area contributed by atoms with Gasteiger partial charge in [0, 0.05) is 25.1 Å². The minimum absolute atomic E-state index is 0.0790. The van der Waals surface area contributed by atoms with Crippen LogP contribution in [0, 0.1) is 13.8 Å². The number of aryl methyl sites for hydroxylation is 4. The summed E-state index contributed by atoms with van der Waals surface area (Å²) in [6.45, 7) is 6.24. The number of imidazole rings is 1. The van der Waals surface area contributed by atoms with Gasteiger partial charge in [0.05, 0.1) is 24.8 Å². The maximum atomic E-state index is 12.4. The van der Waals surface area contributed by atoms with Crippen LogP contribution in [-0.4, -0.2) is 35.7 Å². The number of carbonyl (C=O) groups excluding carboxylic acids is 1. The Morgan fingerprint density at radius 1 is 1.00 bits per heavy atom. The minimum atomic E-state index is -0.0790. The molecule has 4 aromatic rings. The van der Waals surface area contributed by atoms with Gasteiger partial charge in [-0.3, -0.25) is 4.79 Å². The van der Waals surface area contributed by atoms with Gasteiger partial charge in [0.25, 0.3) is 5.91 Å². The van der Waals surface area contributed by atoms with E-state index in [9.17, 15) is 4.79 Å². The first kappa shape index (κ1) is 24.3. The first-order chi connectivity index (χ1) is 17.0. The molecule has 4 rings (SSSR count). The molecule has 0 atom stereocenters. The molecule has 1 amide bonds. The zero-order chi connectivity index (χ0) is 24.6. The van der Waals surface area contributed by atoms with Crippen molar-refractivity contribution < 1.29 is 14.3 Å². The fraction of sp³-hybridized carbons (Fsp3) is 0.310. The molecule has 0 aliphatic rings. The molecule has 0 saturated heterocycles. The Morgan fingerprint density at radius 2 is 1.80 bits per heavy atom. The molecule has 0 radical (unpaired) electrons. The van der Waals surface area contributed by atoms with Crippen molar-refractivity contribution in [1.82, 2.24) is 14.9 Å². The lowest BCUT2D eigenvalue weighted by molar-refractivity contribution is 0.0953. The Labute approximate surface area is 206 Å². The SMILES string of the molecule is COc1ccc(C(=O)NCCCc2nc3ccccc3n2CCCOc2ccc(C)cc2C)cc1. The highest BCUT2D eigenvalue weighted by Crippen LogP contribution is 2.20. The van der Waals surface area contributed by atoms with Gasteiger partial charge in [-0.2, -0.15) is 0 Å². The number of rotatable bonds is 11. The number of methoxy groups -OCH3 is 1. The number of ether oxygens (including phenoxy) is 2. The van der Waals surface area contributed by atoms with E-state index in [1.165, 1.54) is 5.56 Å². The smallest absolute Gasteiger partial charge is 0.251 e. The van der Waals surface area contributed by atoms with Crippen molar-refractivity contribution in [3.05, 3.63) is 89.2 Å². The third-order valence-electron chi connectivity index (χ3n) is 6.06. The number of fused-ring (bicyclic) bond motifs is 1. The van der Waals surface area contributed by atoms with E-state index in [1.54, 1.807) is 31.4 Å². The predicted molar refractivity (Wildman–Crippen MR) is 139 cm³/mol. The van der Waals surface area contributed by atoms with Gasteiger partial charge in [0.1, 0.15) is 17.3 Å². The van der Waals surface area contributed by atoms with Gasteiger partial charge < -0.3 is 19.4 Å².